The van der Waals surface area contributed by atoms with Crippen LogP contribution in [0.15, 0.2) is 30.5 Å². The van der Waals surface area contributed by atoms with Crippen LogP contribution in [-0.2, 0) is 9.53 Å². The maximum absolute atomic E-state index is 10.9. The molecule has 16 heavy (non-hydrogen) atoms. The summed E-state index contributed by atoms with van der Waals surface area (Å²) in [6, 6.07) is 7.76. The number of ether oxygens (including phenoxy) is 1. The van der Waals surface area contributed by atoms with Gasteiger partial charge in [-0.3, -0.25) is 4.79 Å². The van der Waals surface area contributed by atoms with Gasteiger partial charge in [0.1, 0.15) is 0 Å². The Hall–Kier alpha value is -1.77. The highest BCUT2D eigenvalue weighted by molar-refractivity contribution is 6.06. The summed E-state index contributed by atoms with van der Waals surface area (Å²) in [4.78, 5) is 12.9. The molecule has 0 radical (unpaired) electrons. The lowest BCUT2D eigenvalue weighted by Crippen LogP contribution is -2.08. The van der Waals surface area contributed by atoms with E-state index in [0.717, 1.165) is 17.5 Å². The van der Waals surface area contributed by atoms with E-state index >= 15 is 0 Å². The van der Waals surface area contributed by atoms with E-state index in [1.54, 1.807) is 0 Å². The Labute approximate surface area is 96.3 Å². The van der Waals surface area contributed by atoms with Crippen molar-refractivity contribution in [2.45, 2.75) is 6.92 Å². The first-order valence-electron chi connectivity index (χ1n) is 5.23. The van der Waals surface area contributed by atoms with E-state index in [9.17, 15) is 4.79 Å². The summed E-state index contributed by atoms with van der Waals surface area (Å²) in [5.74, 6) is 0. The zero-order valence-corrected chi connectivity index (χ0v) is 9.93. The van der Waals surface area contributed by atoms with Crippen LogP contribution in [0.5, 0.6) is 0 Å². The molecule has 0 spiro atoms. The predicted octanol–water partition coefficient (Wildman–Crippen LogP) is 2.33. The van der Waals surface area contributed by atoms with Gasteiger partial charge in [0.05, 0.1) is 18.4 Å². The van der Waals surface area contributed by atoms with Crippen molar-refractivity contribution in [2.24, 2.45) is 0 Å². The van der Waals surface area contributed by atoms with Crippen molar-refractivity contribution in [3.8, 4) is 0 Å². The van der Waals surface area contributed by atoms with E-state index in [2.05, 4.69) is 0 Å². The summed E-state index contributed by atoms with van der Waals surface area (Å²) in [5.41, 5.74) is 2.53. The Kier molecular flexibility index (Phi) is 4.58. The first-order valence-corrected chi connectivity index (χ1v) is 5.23. The number of nitrogens with zero attached hydrogens (tertiary/aromatic N) is 1. The summed E-state index contributed by atoms with van der Waals surface area (Å²) in [5, 5.41) is 0. The average molecular weight is 219 g/mol. The molecule has 0 amide bonds. The van der Waals surface area contributed by atoms with Gasteiger partial charge in [0.15, 0.2) is 6.29 Å². The number of anilines is 1. The Morgan fingerprint density at radius 3 is 2.38 bits per heavy atom. The number of allylic oxidation sites excluding steroid dienone is 1. The Balaban J connectivity index is 2.90. The van der Waals surface area contributed by atoms with Gasteiger partial charge in [-0.25, -0.2) is 0 Å². The normalized spacial score (nSPS) is 11.1. The van der Waals surface area contributed by atoms with Crippen molar-refractivity contribution >= 4 is 17.5 Å². The number of hydrogen-bond acceptors (Lipinski definition) is 3. The molecule has 0 N–H and O–H groups in total. The zero-order valence-electron chi connectivity index (χ0n) is 9.93. The minimum atomic E-state index is 0.562. The number of rotatable bonds is 5. The maximum atomic E-state index is 10.9. The largest absolute Gasteiger partial charge is 0.501 e. The van der Waals surface area contributed by atoms with Crippen LogP contribution in [0.2, 0.25) is 0 Å². The highest BCUT2D eigenvalue weighted by Crippen LogP contribution is 2.17. The second kappa shape index (κ2) is 5.95. The van der Waals surface area contributed by atoms with Gasteiger partial charge >= 0.3 is 0 Å². The molecule has 0 aromatic heterocycles. The van der Waals surface area contributed by atoms with Crippen molar-refractivity contribution < 1.29 is 9.53 Å². The van der Waals surface area contributed by atoms with Gasteiger partial charge in [0, 0.05) is 19.8 Å². The maximum Gasteiger partial charge on any atom is 0.153 e. The van der Waals surface area contributed by atoms with Crippen molar-refractivity contribution in [1.29, 1.82) is 0 Å². The van der Waals surface area contributed by atoms with E-state index in [1.165, 1.54) is 6.26 Å². The Morgan fingerprint density at radius 2 is 1.94 bits per heavy atom. The molecule has 0 heterocycles. The molecular weight excluding hydrogens is 202 g/mol. The molecule has 0 saturated heterocycles. The van der Waals surface area contributed by atoms with Crippen LogP contribution in [-0.4, -0.2) is 27.0 Å². The Morgan fingerprint density at radius 1 is 1.31 bits per heavy atom. The van der Waals surface area contributed by atoms with E-state index in [-0.39, 0.29) is 0 Å². The number of carbonyl (C=O) groups is 1. The SMILES string of the molecule is CCO/C=C(/C=O)c1ccc(N(C)C)cc1. The summed E-state index contributed by atoms with van der Waals surface area (Å²) in [6.07, 6.45) is 2.30. The van der Waals surface area contributed by atoms with Gasteiger partial charge in [0.2, 0.25) is 0 Å². The lowest BCUT2D eigenvalue weighted by atomic mass is 10.1. The van der Waals surface area contributed by atoms with E-state index < -0.39 is 0 Å². The number of carbonyl (C=O) groups excluding carboxylic acids is 1. The van der Waals surface area contributed by atoms with E-state index in [0.29, 0.717) is 12.2 Å². The fourth-order valence-corrected chi connectivity index (χ4v) is 1.29. The molecule has 0 unspecified atom stereocenters. The molecule has 1 aromatic carbocycles. The smallest absolute Gasteiger partial charge is 0.153 e. The standard InChI is InChI=1S/C13H17NO2/c1-4-16-10-12(9-15)11-5-7-13(8-6-11)14(2)3/h5-10H,4H2,1-3H3/b12-10-. The molecule has 0 aliphatic heterocycles. The minimum absolute atomic E-state index is 0.562. The molecule has 0 bridgehead atoms. The van der Waals surface area contributed by atoms with Crippen LogP contribution in [0.1, 0.15) is 12.5 Å². The van der Waals surface area contributed by atoms with Gasteiger partial charge in [-0.05, 0) is 24.6 Å². The van der Waals surface area contributed by atoms with Crippen LogP contribution < -0.4 is 4.90 Å². The van der Waals surface area contributed by atoms with Gasteiger partial charge in [-0.2, -0.15) is 0 Å². The first-order chi connectivity index (χ1) is 7.69. The van der Waals surface area contributed by atoms with Gasteiger partial charge in [-0.1, -0.05) is 12.1 Å². The van der Waals surface area contributed by atoms with Crippen LogP contribution in [0.4, 0.5) is 5.69 Å². The van der Waals surface area contributed by atoms with Crippen molar-refractivity contribution in [3.63, 3.8) is 0 Å². The van der Waals surface area contributed by atoms with Gasteiger partial charge in [0.25, 0.3) is 0 Å². The van der Waals surface area contributed by atoms with Crippen molar-refractivity contribution in [1.82, 2.24) is 0 Å². The van der Waals surface area contributed by atoms with Crippen LogP contribution in [0.25, 0.3) is 5.57 Å². The Bertz CT molecular complexity index is 366. The molecule has 1 rings (SSSR count). The molecule has 0 aliphatic rings. The molecule has 0 aliphatic carbocycles. The predicted molar refractivity (Wildman–Crippen MR) is 66.4 cm³/mol. The highest BCUT2D eigenvalue weighted by atomic mass is 16.5. The number of hydrogen-bond donors (Lipinski definition) is 0. The quantitative estimate of drug-likeness (QED) is 0.432. The third-order valence-corrected chi connectivity index (χ3v) is 2.22. The second-order valence-corrected chi connectivity index (χ2v) is 3.59. The molecule has 0 fully saturated rings. The van der Waals surface area contributed by atoms with Gasteiger partial charge < -0.3 is 9.64 Å². The zero-order chi connectivity index (χ0) is 12.0. The lowest BCUT2D eigenvalue weighted by Gasteiger charge is -2.12. The molecule has 3 heteroatoms. The second-order valence-electron chi connectivity index (χ2n) is 3.59. The fraction of sp³-hybridized carbons (Fsp3) is 0.308. The van der Waals surface area contributed by atoms with E-state index in [4.69, 9.17) is 4.74 Å². The fourth-order valence-electron chi connectivity index (χ4n) is 1.29. The van der Waals surface area contributed by atoms with Crippen molar-refractivity contribution in [2.75, 3.05) is 25.6 Å². The third-order valence-electron chi connectivity index (χ3n) is 2.22. The summed E-state index contributed by atoms with van der Waals surface area (Å²) in [7, 11) is 3.96. The molecule has 86 valence electrons. The number of benzene rings is 1. The third kappa shape index (κ3) is 3.12. The highest BCUT2D eigenvalue weighted by Gasteiger charge is 2.01. The molecule has 1 aromatic rings. The van der Waals surface area contributed by atoms with Crippen LogP contribution in [0.3, 0.4) is 0 Å². The first kappa shape index (κ1) is 12.3. The molecule has 3 nitrogen and oxygen atoms in total. The summed E-state index contributed by atoms with van der Waals surface area (Å²) < 4.78 is 5.11. The van der Waals surface area contributed by atoms with Crippen LogP contribution >= 0.6 is 0 Å². The molecular formula is C13H17NO2. The monoisotopic (exact) mass is 219 g/mol. The summed E-state index contributed by atoms with van der Waals surface area (Å²) >= 11 is 0. The topological polar surface area (TPSA) is 29.5 Å². The average Bonchev–Trinajstić information content (AvgIpc) is 2.30. The summed E-state index contributed by atoms with van der Waals surface area (Å²) in [6.45, 7) is 2.45. The molecule has 0 saturated carbocycles. The van der Waals surface area contributed by atoms with Crippen LogP contribution in [0, 0.1) is 0 Å². The van der Waals surface area contributed by atoms with Gasteiger partial charge in [-0.15, -0.1) is 0 Å². The number of aldehydes is 1. The molecule has 0 atom stereocenters. The van der Waals surface area contributed by atoms with E-state index in [1.807, 2.05) is 50.2 Å². The minimum Gasteiger partial charge on any atom is -0.501 e. The lowest BCUT2D eigenvalue weighted by molar-refractivity contribution is -0.103. The van der Waals surface area contributed by atoms with Crippen molar-refractivity contribution in [3.05, 3.63) is 36.1 Å².